The summed E-state index contributed by atoms with van der Waals surface area (Å²) >= 11 is 0. The standard InChI is InChI=1S/C16H30N2O/c1-19-16-7-3-2-6-15(16)18(14-8-9-14)12-13-5-4-10-17-11-13/h13-17H,2-12H2,1H3. The Bertz CT molecular complexity index is 274. The smallest absolute Gasteiger partial charge is 0.0726 e. The summed E-state index contributed by atoms with van der Waals surface area (Å²) in [5, 5.41) is 3.57. The van der Waals surface area contributed by atoms with Crippen molar-refractivity contribution in [3.05, 3.63) is 0 Å². The van der Waals surface area contributed by atoms with Gasteiger partial charge in [-0.1, -0.05) is 12.8 Å². The van der Waals surface area contributed by atoms with Crippen LogP contribution in [0.4, 0.5) is 0 Å². The molecule has 0 bridgehead atoms. The predicted octanol–water partition coefficient (Wildman–Crippen LogP) is 2.41. The van der Waals surface area contributed by atoms with Crippen molar-refractivity contribution in [1.82, 2.24) is 10.2 Å². The molecule has 19 heavy (non-hydrogen) atoms. The lowest BCUT2D eigenvalue weighted by Crippen LogP contribution is -2.50. The molecule has 1 heterocycles. The van der Waals surface area contributed by atoms with Crippen molar-refractivity contribution in [3.8, 4) is 0 Å². The van der Waals surface area contributed by atoms with E-state index in [1.165, 1.54) is 71.0 Å². The van der Waals surface area contributed by atoms with Crippen molar-refractivity contribution in [1.29, 1.82) is 0 Å². The van der Waals surface area contributed by atoms with Gasteiger partial charge >= 0.3 is 0 Å². The third-order valence-electron chi connectivity index (χ3n) is 5.28. The van der Waals surface area contributed by atoms with Crippen LogP contribution in [0.1, 0.15) is 51.4 Å². The summed E-state index contributed by atoms with van der Waals surface area (Å²) in [5.41, 5.74) is 0. The highest BCUT2D eigenvalue weighted by Crippen LogP contribution is 2.35. The van der Waals surface area contributed by atoms with Gasteiger partial charge in [0, 0.05) is 25.7 Å². The fourth-order valence-corrected chi connectivity index (χ4v) is 4.07. The van der Waals surface area contributed by atoms with Crippen LogP contribution in [0.15, 0.2) is 0 Å². The minimum atomic E-state index is 0.492. The second-order valence-electron chi connectivity index (χ2n) is 6.77. The number of methoxy groups -OCH3 is 1. The van der Waals surface area contributed by atoms with Gasteiger partial charge in [0.15, 0.2) is 0 Å². The van der Waals surface area contributed by atoms with Crippen molar-refractivity contribution in [2.45, 2.75) is 69.6 Å². The first-order valence-corrected chi connectivity index (χ1v) is 8.37. The highest BCUT2D eigenvalue weighted by Gasteiger charge is 2.39. The van der Waals surface area contributed by atoms with Gasteiger partial charge in [0.2, 0.25) is 0 Å². The first-order valence-electron chi connectivity index (χ1n) is 8.37. The molecule has 0 aromatic rings. The summed E-state index contributed by atoms with van der Waals surface area (Å²) in [6, 6.07) is 1.58. The van der Waals surface area contributed by atoms with Crippen LogP contribution in [0, 0.1) is 5.92 Å². The van der Waals surface area contributed by atoms with Crippen molar-refractivity contribution in [3.63, 3.8) is 0 Å². The van der Waals surface area contributed by atoms with Gasteiger partial charge < -0.3 is 10.1 Å². The minimum Gasteiger partial charge on any atom is -0.380 e. The normalized spacial score (nSPS) is 36.6. The molecule has 3 heteroatoms. The molecule has 2 aliphatic carbocycles. The second-order valence-corrected chi connectivity index (χ2v) is 6.77. The topological polar surface area (TPSA) is 24.5 Å². The van der Waals surface area contributed by atoms with Crippen molar-refractivity contribution >= 4 is 0 Å². The van der Waals surface area contributed by atoms with Gasteiger partial charge in [0.1, 0.15) is 0 Å². The molecule has 3 atom stereocenters. The van der Waals surface area contributed by atoms with Crippen LogP contribution in [0.2, 0.25) is 0 Å². The van der Waals surface area contributed by atoms with Gasteiger partial charge in [-0.05, 0) is 57.5 Å². The predicted molar refractivity (Wildman–Crippen MR) is 78.4 cm³/mol. The van der Waals surface area contributed by atoms with Crippen LogP contribution < -0.4 is 5.32 Å². The maximum atomic E-state index is 5.79. The Hall–Kier alpha value is -0.120. The zero-order valence-electron chi connectivity index (χ0n) is 12.4. The highest BCUT2D eigenvalue weighted by molar-refractivity contribution is 4.94. The van der Waals surface area contributed by atoms with E-state index in [2.05, 4.69) is 10.2 Å². The number of nitrogens with zero attached hydrogens (tertiary/aromatic N) is 1. The summed E-state index contributed by atoms with van der Waals surface area (Å²) in [7, 11) is 1.91. The van der Waals surface area contributed by atoms with E-state index in [0.717, 1.165) is 12.0 Å². The van der Waals surface area contributed by atoms with E-state index in [-0.39, 0.29) is 0 Å². The minimum absolute atomic E-state index is 0.492. The molecule has 0 amide bonds. The molecule has 2 saturated carbocycles. The first kappa shape index (κ1) is 13.8. The molecule has 0 spiro atoms. The van der Waals surface area contributed by atoms with Gasteiger partial charge in [-0.2, -0.15) is 0 Å². The molecular formula is C16H30N2O. The lowest BCUT2D eigenvalue weighted by atomic mass is 9.89. The van der Waals surface area contributed by atoms with Crippen molar-refractivity contribution in [2.24, 2.45) is 5.92 Å². The van der Waals surface area contributed by atoms with Crippen LogP contribution in [0.25, 0.3) is 0 Å². The van der Waals surface area contributed by atoms with Crippen LogP contribution in [0.3, 0.4) is 0 Å². The SMILES string of the molecule is COC1CCCCC1N(CC1CCCNC1)C1CC1. The molecule has 3 aliphatic rings. The van der Waals surface area contributed by atoms with Gasteiger partial charge in [-0.3, -0.25) is 4.90 Å². The molecule has 3 unspecified atom stereocenters. The molecule has 0 aromatic carbocycles. The van der Waals surface area contributed by atoms with Gasteiger partial charge in [-0.25, -0.2) is 0 Å². The molecular weight excluding hydrogens is 236 g/mol. The Morgan fingerprint density at radius 1 is 1.05 bits per heavy atom. The molecule has 3 rings (SSSR count). The van der Waals surface area contributed by atoms with E-state index in [9.17, 15) is 0 Å². The molecule has 1 aliphatic heterocycles. The van der Waals surface area contributed by atoms with E-state index in [1.54, 1.807) is 0 Å². The number of nitrogens with one attached hydrogen (secondary N) is 1. The van der Waals surface area contributed by atoms with Crippen LogP contribution >= 0.6 is 0 Å². The largest absolute Gasteiger partial charge is 0.380 e. The zero-order chi connectivity index (χ0) is 13.1. The average Bonchev–Trinajstić information content (AvgIpc) is 3.30. The van der Waals surface area contributed by atoms with Crippen LogP contribution in [0.5, 0.6) is 0 Å². The summed E-state index contributed by atoms with van der Waals surface area (Å²) in [4.78, 5) is 2.84. The fourth-order valence-electron chi connectivity index (χ4n) is 4.07. The molecule has 0 aromatic heterocycles. The number of hydrogen-bond donors (Lipinski definition) is 1. The molecule has 3 nitrogen and oxygen atoms in total. The molecule has 3 fully saturated rings. The average molecular weight is 266 g/mol. The Kier molecular flexibility index (Phi) is 4.78. The monoisotopic (exact) mass is 266 g/mol. The van der Waals surface area contributed by atoms with Crippen molar-refractivity contribution in [2.75, 3.05) is 26.7 Å². The lowest BCUT2D eigenvalue weighted by Gasteiger charge is -2.41. The highest BCUT2D eigenvalue weighted by atomic mass is 16.5. The Balaban J connectivity index is 1.61. The Morgan fingerprint density at radius 2 is 1.89 bits per heavy atom. The van der Waals surface area contributed by atoms with E-state index in [0.29, 0.717) is 12.1 Å². The summed E-state index contributed by atoms with van der Waals surface area (Å²) < 4.78 is 5.79. The summed E-state index contributed by atoms with van der Waals surface area (Å²) in [5.74, 6) is 0.869. The van der Waals surface area contributed by atoms with Gasteiger partial charge in [-0.15, -0.1) is 0 Å². The van der Waals surface area contributed by atoms with Crippen molar-refractivity contribution < 1.29 is 4.74 Å². The maximum absolute atomic E-state index is 5.79. The molecule has 1 saturated heterocycles. The quantitative estimate of drug-likeness (QED) is 0.827. The van der Waals surface area contributed by atoms with E-state index >= 15 is 0 Å². The van der Waals surface area contributed by atoms with Crippen LogP contribution in [-0.4, -0.2) is 49.8 Å². The number of piperidine rings is 1. The zero-order valence-corrected chi connectivity index (χ0v) is 12.4. The van der Waals surface area contributed by atoms with Crippen LogP contribution in [-0.2, 0) is 4.74 Å². The summed E-state index contributed by atoms with van der Waals surface area (Å²) in [6.45, 7) is 3.76. The number of rotatable bonds is 5. The Labute approximate surface area is 118 Å². The Morgan fingerprint density at radius 3 is 2.58 bits per heavy atom. The maximum Gasteiger partial charge on any atom is 0.0726 e. The molecule has 1 N–H and O–H groups in total. The molecule has 110 valence electrons. The third kappa shape index (κ3) is 3.50. The first-order chi connectivity index (χ1) is 9.38. The van der Waals surface area contributed by atoms with E-state index < -0.39 is 0 Å². The van der Waals surface area contributed by atoms with Gasteiger partial charge in [0.05, 0.1) is 6.10 Å². The van der Waals surface area contributed by atoms with E-state index in [1.807, 2.05) is 7.11 Å². The fraction of sp³-hybridized carbons (Fsp3) is 1.00. The summed E-state index contributed by atoms with van der Waals surface area (Å²) in [6.07, 6.45) is 11.5. The molecule has 0 radical (unpaired) electrons. The van der Waals surface area contributed by atoms with E-state index in [4.69, 9.17) is 4.74 Å². The number of hydrogen-bond acceptors (Lipinski definition) is 3. The third-order valence-corrected chi connectivity index (χ3v) is 5.28. The lowest BCUT2D eigenvalue weighted by molar-refractivity contribution is -0.0207. The van der Waals surface area contributed by atoms with Gasteiger partial charge in [0.25, 0.3) is 0 Å². The number of ether oxygens (including phenoxy) is 1. The second kappa shape index (κ2) is 6.55.